The highest BCUT2D eigenvalue weighted by Gasteiger charge is 2.45. The van der Waals surface area contributed by atoms with Crippen molar-refractivity contribution in [2.75, 3.05) is 21.2 Å². The summed E-state index contributed by atoms with van der Waals surface area (Å²) in [6, 6.07) is -0.505. The molecule has 0 radical (unpaired) electrons. The van der Waals surface area contributed by atoms with E-state index in [0.717, 1.165) is 19.3 Å². The zero-order valence-corrected chi connectivity index (χ0v) is 10.4. The summed E-state index contributed by atoms with van der Waals surface area (Å²) in [6.45, 7) is 1.68. The molecule has 92 valence electrons. The molecule has 1 fully saturated rings. The van der Waals surface area contributed by atoms with Gasteiger partial charge in [0.05, 0.1) is 0 Å². The van der Waals surface area contributed by atoms with E-state index >= 15 is 0 Å². The van der Waals surface area contributed by atoms with Crippen LogP contribution in [-0.4, -0.2) is 49.6 Å². The van der Waals surface area contributed by atoms with Gasteiger partial charge in [0.25, 0.3) is 5.91 Å². The average molecular weight is 228 g/mol. The number of carbonyl (C=O) groups is 2. The van der Waals surface area contributed by atoms with Crippen molar-refractivity contribution in [3.63, 3.8) is 0 Å². The Hall–Kier alpha value is -1.10. The predicted octanol–water partition coefficient (Wildman–Crippen LogP) is 0.148. The van der Waals surface area contributed by atoms with E-state index in [1.807, 2.05) is 0 Å². The van der Waals surface area contributed by atoms with E-state index in [2.05, 4.69) is 5.32 Å². The van der Waals surface area contributed by atoms with Crippen molar-refractivity contribution in [2.45, 2.75) is 37.8 Å². The summed E-state index contributed by atoms with van der Waals surface area (Å²) in [6.07, 6.45) is 2.47. The number of nitrogens with zero attached hydrogens (tertiary/aromatic N) is 1. The number of amides is 2. The molecule has 1 atom stereocenters. The van der Waals surface area contributed by atoms with Gasteiger partial charge in [-0.15, -0.1) is 0 Å². The molecular weight excluding hydrogens is 208 g/mol. The lowest BCUT2D eigenvalue weighted by Gasteiger charge is -2.39. The molecule has 0 heterocycles. The molecule has 5 heteroatoms. The molecule has 1 unspecified atom stereocenters. The highest BCUT2D eigenvalue weighted by molar-refractivity contribution is 5.91. The van der Waals surface area contributed by atoms with Crippen molar-refractivity contribution in [1.82, 2.24) is 10.2 Å². The van der Waals surface area contributed by atoms with Gasteiger partial charge in [-0.25, -0.2) is 0 Å². The van der Waals surface area contributed by atoms with Gasteiger partial charge < -0.3 is 15.0 Å². The first-order valence-corrected chi connectivity index (χ1v) is 5.50. The van der Waals surface area contributed by atoms with Crippen LogP contribution < -0.4 is 5.32 Å². The molecule has 16 heavy (non-hydrogen) atoms. The molecule has 1 saturated carbocycles. The SMILES string of the molecule is COC1(C(=O)NC(C)C(=O)N(C)C)CCC1. The topological polar surface area (TPSA) is 58.6 Å². The van der Waals surface area contributed by atoms with E-state index in [1.54, 1.807) is 21.0 Å². The molecule has 0 saturated heterocycles. The van der Waals surface area contributed by atoms with Crippen LogP contribution in [0, 0.1) is 0 Å². The molecular formula is C11H20N2O3. The van der Waals surface area contributed by atoms with Crippen LogP contribution in [0.2, 0.25) is 0 Å². The summed E-state index contributed by atoms with van der Waals surface area (Å²) in [5.74, 6) is -0.289. The van der Waals surface area contributed by atoms with Crippen LogP contribution in [0.3, 0.4) is 0 Å². The van der Waals surface area contributed by atoms with E-state index in [1.165, 1.54) is 12.0 Å². The number of likely N-dealkylation sites (N-methyl/N-ethyl adjacent to an activating group) is 1. The Bertz CT molecular complexity index is 279. The highest BCUT2D eigenvalue weighted by atomic mass is 16.5. The maximum Gasteiger partial charge on any atom is 0.252 e. The molecule has 1 rings (SSSR count). The van der Waals surface area contributed by atoms with Gasteiger partial charge in [0, 0.05) is 21.2 Å². The van der Waals surface area contributed by atoms with E-state index in [0.29, 0.717) is 0 Å². The minimum atomic E-state index is -0.694. The Kier molecular flexibility index (Phi) is 3.91. The Morgan fingerprint density at radius 1 is 1.38 bits per heavy atom. The first-order valence-electron chi connectivity index (χ1n) is 5.50. The molecule has 0 spiro atoms. The first kappa shape index (κ1) is 13.0. The average Bonchev–Trinajstić information content (AvgIpc) is 2.15. The molecule has 0 bridgehead atoms. The van der Waals surface area contributed by atoms with Gasteiger partial charge in [-0.1, -0.05) is 0 Å². The van der Waals surface area contributed by atoms with Crippen LogP contribution in [0.4, 0.5) is 0 Å². The fourth-order valence-corrected chi connectivity index (χ4v) is 1.80. The molecule has 1 aliphatic rings. The van der Waals surface area contributed by atoms with Crippen molar-refractivity contribution < 1.29 is 14.3 Å². The summed E-state index contributed by atoms with van der Waals surface area (Å²) >= 11 is 0. The van der Waals surface area contributed by atoms with Gasteiger partial charge in [0.15, 0.2) is 0 Å². The van der Waals surface area contributed by atoms with Crippen LogP contribution in [0.1, 0.15) is 26.2 Å². The van der Waals surface area contributed by atoms with Crippen LogP contribution >= 0.6 is 0 Å². The highest BCUT2D eigenvalue weighted by Crippen LogP contribution is 2.35. The van der Waals surface area contributed by atoms with Gasteiger partial charge in [0.2, 0.25) is 5.91 Å². The second kappa shape index (κ2) is 4.82. The third kappa shape index (κ3) is 2.35. The molecule has 1 aliphatic carbocycles. The van der Waals surface area contributed by atoms with E-state index in [9.17, 15) is 9.59 Å². The number of hydrogen-bond donors (Lipinski definition) is 1. The van der Waals surface area contributed by atoms with E-state index in [-0.39, 0.29) is 11.8 Å². The Morgan fingerprint density at radius 3 is 2.25 bits per heavy atom. The molecule has 0 aromatic carbocycles. The van der Waals surface area contributed by atoms with Gasteiger partial charge in [-0.3, -0.25) is 9.59 Å². The number of nitrogens with one attached hydrogen (secondary N) is 1. The van der Waals surface area contributed by atoms with Crippen molar-refractivity contribution in [3.05, 3.63) is 0 Å². The zero-order chi connectivity index (χ0) is 12.3. The van der Waals surface area contributed by atoms with Crippen LogP contribution in [0.25, 0.3) is 0 Å². The Labute approximate surface area is 96.1 Å². The lowest BCUT2D eigenvalue weighted by Crippen LogP contribution is -2.57. The fourth-order valence-electron chi connectivity index (χ4n) is 1.80. The first-order chi connectivity index (χ1) is 7.43. The summed E-state index contributed by atoms with van der Waals surface area (Å²) in [5, 5.41) is 2.70. The van der Waals surface area contributed by atoms with E-state index in [4.69, 9.17) is 4.74 Å². The second-order valence-corrected chi connectivity index (χ2v) is 4.48. The summed E-state index contributed by atoms with van der Waals surface area (Å²) in [4.78, 5) is 24.9. The van der Waals surface area contributed by atoms with Gasteiger partial charge in [-0.05, 0) is 26.2 Å². The molecule has 5 nitrogen and oxygen atoms in total. The van der Waals surface area contributed by atoms with Crippen LogP contribution in [-0.2, 0) is 14.3 Å². The maximum absolute atomic E-state index is 11.9. The monoisotopic (exact) mass is 228 g/mol. The number of carbonyl (C=O) groups excluding carboxylic acids is 2. The Balaban J connectivity index is 2.54. The molecule has 0 aromatic rings. The quantitative estimate of drug-likeness (QED) is 0.745. The summed E-state index contributed by atoms with van der Waals surface area (Å²) in [7, 11) is 4.87. The normalized spacial score (nSPS) is 19.5. The Morgan fingerprint density at radius 2 is 1.94 bits per heavy atom. The van der Waals surface area contributed by atoms with E-state index < -0.39 is 11.6 Å². The third-order valence-electron chi connectivity index (χ3n) is 3.12. The largest absolute Gasteiger partial charge is 0.368 e. The molecule has 1 N–H and O–H groups in total. The lowest BCUT2D eigenvalue weighted by atomic mass is 9.79. The molecule has 0 aliphatic heterocycles. The van der Waals surface area contributed by atoms with Crippen molar-refractivity contribution >= 4 is 11.8 Å². The van der Waals surface area contributed by atoms with Gasteiger partial charge in [-0.2, -0.15) is 0 Å². The van der Waals surface area contributed by atoms with Gasteiger partial charge >= 0.3 is 0 Å². The molecule has 0 aromatic heterocycles. The number of hydrogen-bond acceptors (Lipinski definition) is 3. The molecule has 2 amide bonds. The zero-order valence-electron chi connectivity index (χ0n) is 10.4. The number of ether oxygens (including phenoxy) is 1. The third-order valence-corrected chi connectivity index (χ3v) is 3.12. The van der Waals surface area contributed by atoms with Crippen molar-refractivity contribution in [3.8, 4) is 0 Å². The number of methoxy groups -OCH3 is 1. The van der Waals surface area contributed by atoms with Crippen LogP contribution in [0.15, 0.2) is 0 Å². The minimum absolute atomic E-state index is 0.112. The lowest BCUT2D eigenvalue weighted by molar-refractivity contribution is -0.156. The maximum atomic E-state index is 11.9. The minimum Gasteiger partial charge on any atom is -0.368 e. The standard InChI is InChI=1S/C11H20N2O3/c1-8(9(14)13(2)3)12-10(15)11(16-4)6-5-7-11/h8H,5-7H2,1-4H3,(H,12,15). The second-order valence-electron chi connectivity index (χ2n) is 4.48. The summed E-state index contributed by atoms with van der Waals surface area (Å²) < 4.78 is 5.24. The van der Waals surface area contributed by atoms with Crippen LogP contribution in [0.5, 0.6) is 0 Å². The summed E-state index contributed by atoms with van der Waals surface area (Å²) in [5.41, 5.74) is -0.694. The predicted molar refractivity (Wildman–Crippen MR) is 59.9 cm³/mol. The van der Waals surface area contributed by atoms with Gasteiger partial charge in [0.1, 0.15) is 11.6 Å². The fraction of sp³-hybridized carbons (Fsp3) is 0.818. The smallest absolute Gasteiger partial charge is 0.252 e. The van der Waals surface area contributed by atoms with Crippen molar-refractivity contribution in [2.24, 2.45) is 0 Å². The van der Waals surface area contributed by atoms with Crippen molar-refractivity contribution in [1.29, 1.82) is 0 Å². The number of rotatable bonds is 4.